The maximum Gasteiger partial charge on any atom is 0.263 e. The van der Waals surface area contributed by atoms with Crippen LogP contribution < -0.4 is 5.56 Å². The summed E-state index contributed by atoms with van der Waals surface area (Å²) in [7, 11) is -0.778. The van der Waals surface area contributed by atoms with E-state index >= 15 is 0 Å². The van der Waals surface area contributed by atoms with Crippen molar-refractivity contribution in [3.05, 3.63) is 74.1 Å². The second-order valence-corrected chi connectivity index (χ2v) is 14.1. The molecule has 0 radical (unpaired) electrons. The predicted octanol–water partition coefficient (Wildman–Crippen LogP) is 6.49. The van der Waals surface area contributed by atoms with Gasteiger partial charge in [-0.05, 0) is 79.8 Å². The summed E-state index contributed by atoms with van der Waals surface area (Å²) in [6.45, 7) is 12.9. The van der Waals surface area contributed by atoms with Gasteiger partial charge in [0, 0.05) is 21.1 Å². The molecule has 1 heterocycles. The van der Waals surface area contributed by atoms with Crippen molar-refractivity contribution < 1.29 is 4.43 Å². The fraction of sp³-hybridized carbons (Fsp3) is 0.423. The fourth-order valence-corrected chi connectivity index (χ4v) is 5.97. The highest BCUT2D eigenvalue weighted by atomic mass is 79.9. The van der Waals surface area contributed by atoms with E-state index in [0.717, 1.165) is 32.2 Å². The number of halogens is 1. The molecule has 1 aliphatic rings. The van der Waals surface area contributed by atoms with Crippen LogP contribution in [0.1, 0.15) is 70.2 Å². The minimum atomic E-state index is -0.778. The number of hydrogen-bond acceptors (Lipinski definition) is 2. The van der Waals surface area contributed by atoms with Crippen molar-refractivity contribution in [1.82, 2.24) is 4.57 Å². The Morgan fingerprint density at radius 1 is 1.06 bits per heavy atom. The Bertz CT molecular complexity index is 1200. The van der Waals surface area contributed by atoms with Crippen LogP contribution >= 0.6 is 15.9 Å². The summed E-state index contributed by atoms with van der Waals surface area (Å²) in [5, 5.41) is 1.99. The van der Waals surface area contributed by atoms with Crippen molar-refractivity contribution in [3.8, 4) is 5.69 Å². The number of nitrogens with zero attached hydrogens (tertiary/aromatic N) is 1. The third-order valence-corrected chi connectivity index (χ3v) is 8.37. The lowest BCUT2D eigenvalue weighted by Gasteiger charge is -2.33. The number of aromatic nitrogens is 1. The SMILES string of the molecule is Cc1cc2cc(C3CC3)ccc2c(=O)n1-c1cccc(Br)c1C(C)(C)O[SiH2]C(C)(C)C. The van der Waals surface area contributed by atoms with Crippen LogP contribution in [0, 0.1) is 6.92 Å². The van der Waals surface area contributed by atoms with Crippen LogP contribution in [-0.4, -0.2) is 14.3 Å². The summed E-state index contributed by atoms with van der Waals surface area (Å²) in [6, 6.07) is 14.5. The standard InChI is InChI=1S/C26H32BrNO2Si/c1-16-14-19-15-18(17-10-11-17)12-13-20(19)24(29)28(16)22-9-7-8-21(27)23(22)26(5,6)30-31-25(2,3)4/h7-9,12-15,17H,10-11,31H2,1-6H3. The lowest BCUT2D eigenvalue weighted by atomic mass is 9.95. The third kappa shape index (κ3) is 4.59. The highest BCUT2D eigenvalue weighted by Crippen LogP contribution is 2.41. The van der Waals surface area contributed by atoms with E-state index in [2.05, 4.69) is 68.7 Å². The number of benzene rings is 2. The zero-order valence-electron chi connectivity index (χ0n) is 19.4. The molecule has 0 aliphatic heterocycles. The first-order chi connectivity index (χ1) is 14.5. The summed E-state index contributed by atoms with van der Waals surface area (Å²) in [4.78, 5) is 13.7. The maximum atomic E-state index is 13.7. The van der Waals surface area contributed by atoms with Crippen molar-refractivity contribution >= 4 is 36.5 Å². The Morgan fingerprint density at radius 2 is 1.77 bits per heavy atom. The van der Waals surface area contributed by atoms with Gasteiger partial charge in [0.1, 0.15) is 0 Å². The molecule has 2 aromatic carbocycles. The van der Waals surface area contributed by atoms with E-state index in [1.54, 1.807) is 0 Å². The first kappa shape index (κ1) is 22.5. The molecule has 0 unspecified atom stereocenters. The topological polar surface area (TPSA) is 31.2 Å². The number of pyridine rings is 1. The van der Waals surface area contributed by atoms with Crippen molar-refractivity contribution in [1.29, 1.82) is 0 Å². The van der Waals surface area contributed by atoms with Crippen LogP contribution in [0.5, 0.6) is 0 Å². The Balaban J connectivity index is 1.87. The van der Waals surface area contributed by atoms with E-state index in [1.165, 1.54) is 18.4 Å². The van der Waals surface area contributed by atoms with Gasteiger partial charge in [0.15, 0.2) is 9.76 Å². The zero-order chi connectivity index (χ0) is 22.6. The van der Waals surface area contributed by atoms with Gasteiger partial charge < -0.3 is 4.43 Å². The lowest BCUT2D eigenvalue weighted by molar-refractivity contribution is 0.108. The molecular weight excluding hydrogens is 466 g/mol. The van der Waals surface area contributed by atoms with Gasteiger partial charge in [-0.15, -0.1) is 0 Å². The Labute approximate surface area is 195 Å². The first-order valence-corrected chi connectivity index (χ1v) is 13.2. The number of hydrogen-bond donors (Lipinski definition) is 0. The van der Waals surface area contributed by atoms with Gasteiger partial charge in [-0.25, -0.2) is 0 Å². The number of aryl methyl sites for hydroxylation is 1. The molecule has 164 valence electrons. The molecule has 0 bridgehead atoms. The Kier molecular flexibility index (Phi) is 5.82. The van der Waals surface area contributed by atoms with Crippen LogP contribution in [0.4, 0.5) is 0 Å². The zero-order valence-corrected chi connectivity index (χ0v) is 22.4. The summed E-state index contributed by atoms with van der Waals surface area (Å²) in [5.74, 6) is 0.675. The van der Waals surface area contributed by atoms with Gasteiger partial charge in [-0.2, -0.15) is 0 Å². The van der Waals surface area contributed by atoms with Crippen molar-refractivity contribution in [2.75, 3.05) is 0 Å². The van der Waals surface area contributed by atoms with E-state index in [-0.39, 0.29) is 10.6 Å². The largest absolute Gasteiger partial charge is 0.414 e. The van der Waals surface area contributed by atoms with Crippen LogP contribution in [-0.2, 0) is 10.0 Å². The summed E-state index contributed by atoms with van der Waals surface area (Å²) < 4.78 is 9.35. The molecule has 1 saturated carbocycles. The molecule has 3 aromatic rings. The molecule has 3 nitrogen and oxygen atoms in total. The smallest absolute Gasteiger partial charge is 0.263 e. The van der Waals surface area contributed by atoms with Gasteiger partial charge in [0.25, 0.3) is 5.56 Å². The van der Waals surface area contributed by atoms with Crippen molar-refractivity contribution in [3.63, 3.8) is 0 Å². The Hall–Kier alpha value is -1.69. The molecule has 0 N–H and O–H groups in total. The maximum absolute atomic E-state index is 13.7. The van der Waals surface area contributed by atoms with E-state index < -0.39 is 15.4 Å². The summed E-state index contributed by atoms with van der Waals surface area (Å²) in [5.41, 5.74) is 3.72. The monoisotopic (exact) mass is 497 g/mol. The number of fused-ring (bicyclic) bond motifs is 1. The molecular formula is C26H32BrNO2Si. The van der Waals surface area contributed by atoms with E-state index in [1.807, 2.05) is 35.8 Å². The van der Waals surface area contributed by atoms with Crippen LogP contribution in [0.2, 0.25) is 5.04 Å². The summed E-state index contributed by atoms with van der Waals surface area (Å²) in [6.07, 6.45) is 2.52. The quantitative estimate of drug-likeness (QED) is 0.377. The molecule has 5 heteroatoms. The average Bonchev–Trinajstić information content (AvgIpc) is 3.51. The van der Waals surface area contributed by atoms with Crippen LogP contribution in [0.15, 0.2) is 51.7 Å². The van der Waals surface area contributed by atoms with Gasteiger partial charge >= 0.3 is 0 Å². The summed E-state index contributed by atoms with van der Waals surface area (Å²) >= 11 is 3.75. The molecule has 0 atom stereocenters. The highest BCUT2D eigenvalue weighted by Gasteiger charge is 2.30. The minimum Gasteiger partial charge on any atom is -0.414 e. The van der Waals surface area contributed by atoms with Gasteiger partial charge in [-0.3, -0.25) is 9.36 Å². The van der Waals surface area contributed by atoms with Crippen molar-refractivity contribution in [2.45, 2.75) is 70.9 Å². The normalized spacial score (nSPS) is 15.3. The second kappa shape index (κ2) is 8.02. The molecule has 1 fully saturated rings. The molecule has 0 amide bonds. The van der Waals surface area contributed by atoms with Gasteiger partial charge in [-0.1, -0.05) is 54.9 Å². The lowest BCUT2D eigenvalue weighted by Crippen LogP contribution is -2.31. The van der Waals surface area contributed by atoms with Crippen LogP contribution in [0.3, 0.4) is 0 Å². The van der Waals surface area contributed by atoms with E-state index in [9.17, 15) is 4.79 Å². The third-order valence-electron chi connectivity index (χ3n) is 5.98. The Morgan fingerprint density at radius 3 is 2.42 bits per heavy atom. The van der Waals surface area contributed by atoms with Crippen LogP contribution in [0.25, 0.3) is 16.5 Å². The molecule has 4 rings (SSSR count). The fourth-order valence-electron chi connectivity index (χ4n) is 4.20. The minimum absolute atomic E-state index is 0.0283. The molecule has 1 aromatic heterocycles. The molecule has 0 spiro atoms. The second-order valence-electron chi connectivity index (χ2n) is 10.5. The number of rotatable bonds is 5. The molecule has 1 aliphatic carbocycles. The van der Waals surface area contributed by atoms with Gasteiger partial charge in [0.05, 0.1) is 11.3 Å². The average molecular weight is 499 g/mol. The highest BCUT2D eigenvalue weighted by molar-refractivity contribution is 9.10. The predicted molar refractivity (Wildman–Crippen MR) is 136 cm³/mol. The van der Waals surface area contributed by atoms with Crippen molar-refractivity contribution in [2.24, 2.45) is 0 Å². The first-order valence-electron chi connectivity index (χ1n) is 11.1. The van der Waals surface area contributed by atoms with E-state index in [0.29, 0.717) is 5.92 Å². The molecule has 31 heavy (non-hydrogen) atoms. The van der Waals surface area contributed by atoms with E-state index in [4.69, 9.17) is 4.43 Å². The van der Waals surface area contributed by atoms with Gasteiger partial charge in [0.2, 0.25) is 0 Å². The molecule has 0 saturated heterocycles.